The van der Waals surface area contributed by atoms with E-state index in [9.17, 15) is 0 Å². The topological polar surface area (TPSA) is 27.7 Å². The van der Waals surface area contributed by atoms with E-state index in [0.29, 0.717) is 18.4 Å². The summed E-state index contributed by atoms with van der Waals surface area (Å²) in [5.41, 5.74) is 0. The number of unbranched alkanes of at least 4 members (excludes halogenated alkanes) is 2. The molecular formula is C32H44O3. The number of rotatable bonds is 16. The van der Waals surface area contributed by atoms with Crippen LogP contribution in [-0.4, -0.2) is 13.2 Å². The molecule has 0 spiro atoms. The highest BCUT2D eigenvalue weighted by atomic mass is 16.5. The van der Waals surface area contributed by atoms with E-state index in [-0.39, 0.29) is 0 Å². The van der Waals surface area contributed by atoms with E-state index in [4.69, 9.17) is 14.2 Å². The minimum atomic E-state index is 0.560. The molecule has 3 aromatic carbocycles. The first-order valence-electron chi connectivity index (χ1n) is 13.7. The van der Waals surface area contributed by atoms with Crippen LogP contribution < -0.4 is 14.2 Å². The highest BCUT2D eigenvalue weighted by Crippen LogP contribution is 2.37. The molecule has 3 aromatic rings. The first-order valence-corrected chi connectivity index (χ1v) is 13.7. The molecule has 0 aliphatic rings. The van der Waals surface area contributed by atoms with Gasteiger partial charge in [-0.1, -0.05) is 90.5 Å². The van der Waals surface area contributed by atoms with Crippen LogP contribution in [-0.2, 0) is 0 Å². The molecule has 3 heteroatoms. The largest absolute Gasteiger partial charge is 0.493 e. The zero-order valence-electron chi connectivity index (χ0n) is 22.2. The zero-order chi connectivity index (χ0) is 24.9. The molecule has 3 nitrogen and oxygen atoms in total. The number of benzene rings is 3. The summed E-state index contributed by atoms with van der Waals surface area (Å²) < 4.78 is 18.9. The Morgan fingerprint density at radius 1 is 0.600 bits per heavy atom. The average molecular weight is 477 g/mol. The van der Waals surface area contributed by atoms with E-state index < -0.39 is 0 Å². The Morgan fingerprint density at radius 3 is 1.86 bits per heavy atom. The quantitative estimate of drug-likeness (QED) is 0.206. The number of hydrogen-bond acceptors (Lipinski definition) is 3. The zero-order valence-corrected chi connectivity index (χ0v) is 22.2. The highest BCUT2D eigenvalue weighted by molar-refractivity contribution is 5.87. The van der Waals surface area contributed by atoms with E-state index in [0.717, 1.165) is 53.2 Å². The van der Waals surface area contributed by atoms with Gasteiger partial charge in [0.15, 0.2) is 11.5 Å². The fourth-order valence-corrected chi connectivity index (χ4v) is 4.35. The highest BCUT2D eigenvalue weighted by Gasteiger charge is 2.14. The first-order chi connectivity index (χ1) is 17.2. The van der Waals surface area contributed by atoms with Crippen molar-refractivity contribution in [3.8, 4) is 23.0 Å². The van der Waals surface area contributed by atoms with Gasteiger partial charge in [0, 0.05) is 0 Å². The summed E-state index contributed by atoms with van der Waals surface area (Å²) >= 11 is 0. The maximum atomic E-state index is 6.37. The van der Waals surface area contributed by atoms with Gasteiger partial charge in [0.25, 0.3) is 0 Å². The molecule has 0 saturated carbocycles. The Labute approximate surface area is 212 Å². The third-order valence-electron chi connectivity index (χ3n) is 6.89. The van der Waals surface area contributed by atoms with Gasteiger partial charge in [0.05, 0.1) is 13.2 Å². The molecule has 2 unspecified atom stereocenters. The number of hydrogen-bond donors (Lipinski definition) is 0. The lowest BCUT2D eigenvalue weighted by Gasteiger charge is -2.19. The predicted molar refractivity (Wildman–Crippen MR) is 148 cm³/mol. The molecule has 0 bridgehead atoms. The fraction of sp³-hybridized carbons (Fsp3) is 0.500. The Morgan fingerprint density at radius 2 is 1.23 bits per heavy atom. The molecule has 0 saturated heterocycles. The fourth-order valence-electron chi connectivity index (χ4n) is 4.35. The van der Waals surface area contributed by atoms with Gasteiger partial charge >= 0.3 is 0 Å². The lowest BCUT2D eigenvalue weighted by atomic mass is 10.0. The van der Waals surface area contributed by atoms with Crippen molar-refractivity contribution in [1.29, 1.82) is 0 Å². The van der Waals surface area contributed by atoms with Crippen LogP contribution in [0.4, 0.5) is 0 Å². The van der Waals surface area contributed by atoms with E-state index in [1.807, 2.05) is 30.3 Å². The monoisotopic (exact) mass is 476 g/mol. The third-order valence-corrected chi connectivity index (χ3v) is 6.89. The van der Waals surface area contributed by atoms with Gasteiger partial charge in [-0.15, -0.1) is 0 Å². The molecule has 3 rings (SSSR count). The maximum absolute atomic E-state index is 6.37. The van der Waals surface area contributed by atoms with Crippen LogP contribution in [0.25, 0.3) is 10.8 Å². The van der Waals surface area contributed by atoms with Crippen molar-refractivity contribution in [1.82, 2.24) is 0 Å². The van der Waals surface area contributed by atoms with Gasteiger partial charge in [0.1, 0.15) is 11.5 Å². The Bertz CT molecular complexity index is 998. The van der Waals surface area contributed by atoms with Crippen molar-refractivity contribution in [2.75, 3.05) is 13.2 Å². The second kappa shape index (κ2) is 14.7. The predicted octanol–water partition coefficient (Wildman–Crippen LogP) is 9.82. The third kappa shape index (κ3) is 8.49. The molecule has 0 aliphatic heterocycles. The van der Waals surface area contributed by atoms with Crippen LogP contribution >= 0.6 is 0 Å². The SMILES string of the molecule is CCCCC(CC)COc1ccc2cc(OCC(CC)CCCC)c(Oc3ccccc3)cc2c1. The van der Waals surface area contributed by atoms with Crippen LogP contribution in [0.15, 0.2) is 60.7 Å². The van der Waals surface area contributed by atoms with Crippen LogP contribution in [0.5, 0.6) is 23.0 Å². The summed E-state index contributed by atoms with van der Waals surface area (Å²) in [5, 5.41) is 2.23. The molecule has 35 heavy (non-hydrogen) atoms. The first kappa shape index (κ1) is 26.9. The van der Waals surface area contributed by atoms with Crippen molar-refractivity contribution >= 4 is 10.8 Å². The summed E-state index contributed by atoms with van der Waals surface area (Å²) in [6, 6.07) is 20.5. The van der Waals surface area contributed by atoms with Crippen molar-refractivity contribution in [3.05, 3.63) is 60.7 Å². The number of fused-ring (bicyclic) bond motifs is 1. The van der Waals surface area contributed by atoms with Crippen molar-refractivity contribution in [2.45, 2.75) is 79.1 Å². The van der Waals surface area contributed by atoms with Crippen molar-refractivity contribution < 1.29 is 14.2 Å². The van der Waals surface area contributed by atoms with E-state index in [2.05, 4.69) is 58.0 Å². The van der Waals surface area contributed by atoms with Gasteiger partial charge in [-0.3, -0.25) is 0 Å². The molecule has 0 radical (unpaired) electrons. The summed E-state index contributed by atoms with van der Waals surface area (Å²) in [7, 11) is 0. The minimum Gasteiger partial charge on any atom is -0.493 e. The van der Waals surface area contributed by atoms with E-state index in [1.165, 1.54) is 38.5 Å². The Balaban J connectivity index is 1.82. The summed E-state index contributed by atoms with van der Waals surface area (Å²) in [6.07, 6.45) is 9.67. The Kier molecular flexibility index (Phi) is 11.3. The summed E-state index contributed by atoms with van der Waals surface area (Å²) in [5.74, 6) is 4.44. The van der Waals surface area contributed by atoms with E-state index >= 15 is 0 Å². The summed E-state index contributed by atoms with van der Waals surface area (Å²) in [4.78, 5) is 0. The van der Waals surface area contributed by atoms with Gasteiger partial charge < -0.3 is 14.2 Å². The van der Waals surface area contributed by atoms with Crippen molar-refractivity contribution in [3.63, 3.8) is 0 Å². The number of ether oxygens (including phenoxy) is 3. The van der Waals surface area contributed by atoms with Crippen LogP contribution in [0.3, 0.4) is 0 Å². The van der Waals surface area contributed by atoms with Gasteiger partial charge in [0.2, 0.25) is 0 Å². The standard InChI is InChI=1S/C32H44O3/c1-5-9-14-25(7-3)23-33-30-19-18-27-21-31(34-24-26(8-4)15-10-6-2)32(22-28(27)20-30)35-29-16-12-11-13-17-29/h11-13,16-22,25-26H,5-10,14-15,23-24H2,1-4H3. The number of para-hydroxylation sites is 1. The van der Waals surface area contributed by atoms with Gasteiger partial charge in [-0.2, -0.15) is 0 Å². The Hall–Kier alpha value is -2.68. The molecule has 0 fully saturated rings. The lowest BCUT2D eigenvalue weighted by Crippen LogP contribution is -2.12. The van der Waals surface area contributed by atoms with Crippen LogP contribution in [0, 0.1) is 11.8 Å². The van der Waals surface area contributed by atoms with Gasteiger partial charge in [-0.25, -0.2) is 0 Å². The van der Waals surface area contributed by atoms with E-state index in [1.54, 1.807) is 0 Å². The van der Waals surface area contributed by atoms with Crippen molar-refractivity contribution in [2.24, 2.45) is 11.8 Å². The second-order valence-corrected chi connectivity index (χ2v) is 9.68. The van der Waals surface area contributed by atoms with Crippen LogP contribution in [0.2, 0.25) is 0 Å². The second-order valence-electron chi connectivity index (χ2n) is 9.68. The van der Waals surface area contributed by atoms with Gasteiger partial charge in [-0.05, 0) is 71.8 Å². The maximum Gasteiger partial charge on any atom is 0.169 e. The van der Waals surface area contributed by atoms with Crippen LogP contribution in [0.1, 0.15) is 79.1 Å². The normalized spacial score (nSPS) is 12.9. The molecule has 0 amide bonds. The average Bonchev–Trinajstić information content (AvgIpc) is 2.89. The molecule has 0 aliphatic carbocycles. The smallest absolute Gasteiger partial charge is 0.169 e. The summed E-state index contributed by atoms with van der Waals surface area (Å²) in [6.45, 7) is 10.5. The minimum absolute atomic E-state index is 0.560. The molecular weight excluding hydrogens is 432 g/mol. The molecule has 190 valence electrons. The molecule has 0 N–H and O–H groups in total. The lowest BCUT2D eigenvalue weighted by molar-refractivity contribution is 0.227. The molecule has 0 heterocycles. The molecule has 0 aromatic heterocycles. The molecule has 2 atom stereocenters.